The Bertz CT molecular complexity index is 835. The molecule has 0 bridgehead atoms. The Kier molecular flexibility index (Phi) is 10.0. The smallest absolute Gasteiger partial charge is 0.192 e. The van der Waals surface area contributed by atoms with E-state index in [0.717, 1.165) is 37.2 Å². The van der Waals surface area contributed by atoms with Gasteiger partial charge in [0.25, 0.3) is 0 Å². The minimum Gasteiger partial charge on any atom is -0.385 e. The van der Waals surface area contributed by atoms with Crippen LogP contribution in [0.2, 0.25) is 0 Å². The lowest BCUT2D eigenvalue weighted by atomic mass is 9.89. The average Bonchev–Trinajstić information content (AvgIpc) is 3.06. The van der Waals surface area contributed by atoms with Crippen LogP contribution in [-0.2, 0) is 31.2 Å². The third-order valence-corrected chi connectivity index (χ3v) is 5.60. The molecule has 3 rings (SSSR count). The molecule has 1 aliphatic rings. The number of aryl methyl sites for hydroxylation is 3. The third kappa shape index (κ3) is 6.66. The fourth-order valence-corrected chi connectivity index (χ4v) is 3.63. The van der Waals surface area contributed by atoms with Gasteiger partial charge in [-0.3, -0.25) is 0 Å². The van der Waals surface area contributed by atoms with Crippen molar-refractivity contribution < 1.29 is 4.74 Å². The van der Waals surface area contributed by atoms with Crippen LogP contribution in [-0.4, -0.2) is 41.0 Å². The molecule has 2 N–H and O–H groups in total. The predicted molar refractivity (Wildman–Crippen MR) is 131 cm³/mol. The largest absolute Gasteiger partial charge is 0.385 e. The van der Waals surface area contributed by atoms with Gasteiger partial charge in [-0.15, -0.1) is 34.2 Å². The molecule has 1 aromatic carbocycles. The quantitative estimate of drug-likeness (QED) is 0.239. The van der Waals surface area contributed by atoms with Gasteiger partial charge in [-0.2, -0.15) is 0 Å². The van der Waals surface area contributed by atoms with Gasteiger partial charge in [0.05, 0.1) is 6.04 Å². The van der Waals surface area contributed by atoms with Crippen LogP contribution < -0.4 is 10.6 Å². The third-order valence-electron chi connectivity index (χ3n) is 5.60. The van der Waals surface area contributed by atoms with E-state index in [1.807, 2.05) is 18.5 Å². The van der Waals surface area contributed by atoms with E-state index in [1.54, 1.807) is 7.11 Å². The number of nitrogens with zero attached hydrogens (tertiary/aromatic N) is 4. The monoisotopic (exact) mass is 526 g/mol. The van der Waals surface area contributed by atoms with Gasteiger partial charge in [-0.25, -0.2) is 4.99 Å². The number of guanidine groups is 1. The van der Waals surface area contributed by atoms with Crippen LogP contribution in [0.5, 0.6) is 0 Å². The molecular formula is C22H35IN6O. The van der Waals surface area contributed by atoms with Crippen LogP contribution >= 0.6 is 24.0 Å². The van der Waals surface area contributed by atoms with Crippen LogP contribution in [0.25, 0.3) is 0 Å². The maximum atomic E-state index is 5.15. The molecule has 30 heavy (non-hydrogen) atoms. The number of ether oxygens (including phenoxy) is 1. The molecule has 0 amide bonds. The predicted octanol–water partition coefficient (Wildman–Crippen LogP) is 3.45. The number of aromatic nitrogens is 3. The van der Waals surface area contributed by atoms with Crippen molar-refractivity contribution in [1.82, 2.24) is 25.4 Å². The summed E-state index contributed by atoms with van der Waals surface area (Å²) in [6.07, 6.45) is 5.93. The zero-order chi connectivity index (χ0) is 20.6. The molecule has 7 nitrogen and oxygen atoms in total. The normalized spacial score (nSPS) is 14.6. The SMILES string of the molecule is COCCCNC(=NCc1nnc(C)n1C)NC(C)c1ccc2c(c1)CCCC2.I. The maximum absolute atomic E-state index is 5.15. The second-order valence-electron chi connectivity index (χ2n) is 7.76. The highest BCUT2D eigenvalue weighted by Crippen LogP contribution is 2.24. The number of aliphatic imine (C=N–C) groups is 1. The summed E-state index contributed by atoms with van der Waals surface area (Å²) in [7, 11) is 3.69. The number of nitrogens with one attached hydrogen (secondary N) is 2. The summed E-state index contributed by atoms with van der Waals surface area (Å²) in [4.78, 5) is 4.75. The summed E-state index contributed by atoms with van der Waals surface area (Å²) in [6, 6.07) is 7.07. The molecule has 1 aliphatic carbocycles. The van der Waals surface area contributed by atoms with E-state index in [4.69, 9.17) is 9.73 Å². The maximum Gasteiger partial charge on any atom is 0.192 e. The summed E-state index contributed by atoms with van der Waals surface area (Å²) in [5.41, 5.74) is 4.31. The Labute approximate surface area is 197 Å². The summed E-state index contributed by atoms with van der Waals surface area (Å²) in [5.74, 6) is 2.52. The number of benzene rings is 1. The molecule has 1 unspecified atom stereocenters. The van der Waals surface area contributed by atoms with Gasteiger partial charge in [0.15, 0.2) is 11.8 Å². The second-order valence-corrected chi connectivity index (χ2v) is 7.76. The van der Waals surface area contributed by atoms with Crippen molar-refractivity contribution in [3.63, 3.8) is 0 Å². The van der Waals surface area contributed by atoms with Crippen LogP contribution in [0.15, 0.2) is 23.2 Å². The Hall–Kier alpha value is -1.68. The fourth-order valence-electron chi connectivity index (χ4n) is 3.63. The molecule has 2 aromatic rings. The first kappa shape index (κ1) is 24.6. The topological polar surface area (TPSA) is 76.4 Å². The number of rotatable bonds is 8. The molecule has 1 atom stereocenters. The summed E-state index contributed by atoms with van der Waals surface area (Å²) >= 11 is 0. The molecule has 1 heterocycles. The summed E-state index contributed by atoms with van der Waals surface area (Å²) < 4.78 is 7.12. The van der Waals surface area contributed by atoms with Crippen molar-refractivity contribution in [2.75, 3.05) is 20.3 Å². The van der Waals surface area contributed by atoms with E-state index in [1.165, 1.54) is 42.4 Å². The Morgan fingerprint density at radius 2 is 2.00 bits per heavy atom. The number of hydrogen-bond donors (Lipinski definition) is 2. The van der Waals surface area contributed by atoms with Gasteiger partial charge in [0.2, 0.25) is 0 Å². The van der Waals surface area contributed by atoms with E-state index in [9.17, 15) is 0 Å². The number of fused-ring (bicyclic) bond motifs is 1. The van der Waals surface area contributed by atoms with Gasteiger partial charge in [0, 0.05) is 27.3 Å². The number of halogens is 1. The zero-order valence-corrected chi connectivity index (χ0v) is 20.9. The molecule has 0 saturated heterocycles. The van der Waals surface area contributed by atoms with E-state index < -0.39 is 0 Å². The number of methoxy groups -OCH3 is 1. The molecule has 0 saturated carbocycles. The van der Waals surface area contributed by atoms with Gasteiger partial charge >= 0.3 is 0 Å². The van der Waals surface area contributed by atoms with Gasteiger partial charge in [-0.1, -0.05) is 18.2 Å². The van der Waals surface area contributed by atoms with E-state index in [-0.39, 0.29) is 30.0 Å². The van der Waals surface area contributed by atoms with Crippen molar-refractivity contribution in [2.45, 2.75) is 58.5 Å². The first-order valence-corrected chi connectivity index (χ1v) is 10.6. The Morgan fingerprint density at radius 3 is 2.70 bits per heavy atom. The Morgan fingerprint density at radius 1 is 1.23 bits per heavy atom. The minimum absolute atomic E-state index is 0. The van der Waals surface area contributed by atoms with E-state index in [2.05, 4.69) is 46.0 Å². The van der Waals surface area contributed by atoms with Crippen LogP contribution in [0, 0.1) is 6.92 Å². The van der Waals surface area contributed by atoms with Crippen LogP contribution in [0.4, 0.5) is 0 Å². The molecule has 0 aliphatic heterocycles. The highest BCUT2D eigenvalue weighted by Gasteiger charge is 2.14. The summed E-state index contributed by atoms with van der Waals surface area (Å²) in [5, 5.41) is 15.3. The van der Waals surface area contributed by atoms with E-state index >= 15 is 0 Å². The van der Waals surface area contributed by atoms with Gasteiger partial charge < -0.3 is 19.9 Å². The molecule has 8 heteroatoms. The van der Waals surface area contributed by atoms with Crippen molar-refractivity contribution >= 4 is 29.9 Å². The zero-order valence-electron chi connectivity index (χ0n) is 18.6. The standard InChI is InChI=1S/C22H34N6O.HI/c1-16(19-11-10-18-8-5-6-9-20(18)14-19)25-22(23-12-7-13-29-4)24-15-21-27-26-17(2)28(21)3;/h10-11,14,16H,5-9,12-13,15H2,1-4H3,(H2,23,24,25);1H. The minimum atomic E-state index is 0. The first-order valence-electron chi connectivity index (χ1n) is 10.6. The van der Waals surface area contributed by atoms with Gasteiger partial charge in [0.1, 0.15) is 12.4 Å². The van der Waals surface area contributed by atoms with Crippen molar-refractivity contribution in [1.29, 1.82) is 0 Å². The lowest BCUT2D eigenvalue weighted by Gasteiger charge is -2.22. The molecule has 166 valence electrons. The average molecular weight is 526 g/mol. The van der Waals surface area contributed by atoms with Crippen LogP contribution in [0.3, 0.4) is 0 Å². The molecular weight excluding hydrogens is 491 g/mol. The lowest BCUT2D eigenvalue weighted by Crippen LogP contribution is -2.39. The number of hydrogen-bond acceptors (Lipinski definition) is 4. The molecule has 0 spiro atoms. The highest BCUT2D eigenvalue weighted by molar-refractivity contribution is 14.0. The molecule has 0 radical (unpaired) electrons. The fraction of sp³-hybridized carbons (Fsp3) is 0.591. The van der Waals surface area contributed by atoms with Crippen molar-refractivity contribution in [3.05, 3.63) is 46.5 Å². The molecule has 1 aromatic heterocycles. The second kappa shape index (κ2) is 12.2. The lowest BCUT2D eigenvalue weighted by molar-refractivity contribution is 0.195. The van der Waals surface area contributed by atoms with Crippen molar-refractivity contribution in [2.24, 2.45) is 12.0 Å². The van der Waals surface area contributed by atoms with Crippen LogP contribution in [0.1, 0.15) is 60.6 Å². The van der Waals surface area contributed by atoms with Crippen molar-refractivity contribution in [3.8, 4) is 0 Å². The Balaban J connectivity index is 0.00000320. The van der Waals surface area contributed by atoms with E-state index in [0.29, 0.717) is 6.54 Å². The van der Waals surface area contributed by atoms with Gasteiger partial charge in [-0.05, 0) is 62.6 Å². The highest BCUT2D eigenvalue weighted by atomic mass is 127. The summed E-state index contributed by atoms with van der Waals surface area (Å²) in [6.45, 7) is 6.13. The first-order chi connectivity index (χ1) is 14.1. The molecule has 0 fully saturated rings.